The van der Waals surface area contributed by atoms with Gasteiger partial charge < -0.3 is 14.8 Å². The second-order valence-corrected chi connectivity index (χ2v) is 6.30. The van der Waals surface area contributed by atoms with E-state index in [-0.39, 0.29) is 5.60 Å². The van der Waals surface area contributed by atoms with Gasteiger partial charge in [0.1, 0.15) is 0 Å². The van der Waals surface area contributed by atoms with Gasteiger partial charge in [0, 0.05) is 43.9 Å². The van der Waals surface area contributed by atoms with Crippen molar-refractivity contribution >= 4 is 11.8 Å². The predicted molar refractivity (Wildman–Crippen MR) is 77.3 cm³/mol. The van der Waals surface area contributed by atoms with E-state index < -0.39 is 0 Å². The maximum absolute atomic E-state index is 6.04. The van der Waals surface area contributed by atoms with E-state index in [9.17, 15) is 0 Å². The lowest BCUT2D eigenvalue weighted by molar-refractivity contribution is -0.140. The molecule has 0 aromatic rings. The van der Waals surface area contributed by atoms with Crippen LogP contribution in [0.2, 0.25) is 0 Å². The van der Waals surface area contributed by atoms with Crippen molar-refractivity contribution in [2.75, 3.05) is 37.9 Å². The molecule has 3 nitrogen and oxygen atoms in total. The quantitative estimate of drug-likeness (QED) is 0.593. The van der Waals surface area contributed by atoms with Gasteiger partial charge >= 0.3 is 0 Å². The molecule has 18 heavy (non-hydrogen) atoms. The van der Waals surface area contributed by atoms with Crippen LogP contribution in [-0.4, -0.2) is 49.5 Å². The van der Waals surface area contributed by atoms with Crippen molar-refractivity contribution in [3.05, 3.63) is 12.7 Å². The minimum Gasteiger partial charge on any atom is -0.381 e. The molecule has 4 heteroatoms. The first kappa shape index (κ1) is 14.4. The van der Waals surface area contributed by atoms with Crippen LogP contribution in [0.1, 0.15) is 25.7 Å². The summed E-state index contributed by atoms with van der Waals surface area (Å²) >= 11 is 1.94. The van der Waals surface area contributed by atoms with Crippen molar-refractivity contribution < 1.29 is 9.47 Å². The summed E-state index contributed by atoms with van der Waals surface area (Å²) in [4.78, 5) is 0. The molecule has 1 atom stereocenters. The molecule has 1 N–H and O–H groups in total. The van der Waals surface area contributed by atoms with Gasteiger partial charge in [0.25, 0.3) is 0 Å². The van der Waals surface area contributed by atoms with Crippen LogP contribution in [0.25, 0.3) is 0 Å². The van der Waals surface area contributed by atoms with E-state index in [0.29, 0.717) is 6.04 Å². The second-order valence-electron chi connectivity index (χ2n) is 5.15. The fourth-order valence-corrected chi connectivity index (χ4v) is 3.39. The molecule has 0 aliphatic carbocycles. The Labute approximate surface area is 115 Å². The molecule has 0 radical (unpaired) electrons. The number of rotatable bonds is 6. The summed E-state index contributed by atoms with van der Waals surface area (Å²) in [6.07, 6.45) is 6.40. The highest BCUT2D eigenvalue weighted by atomic mass is 32.2. The van der Waals surface area contributed by atoms with Gasteiger partial charge in [-0.3, -0.25) is 0 Å². The first-order valence-corrected chi connectivity index (χ1v) is 8.14. The molecular formula is C14H25NO2S. The standard InChI is InChI=1S/C14H25NO2S/c1-2-10-18-11-6-15-13-3-7-17-14(12-13)4-8-16-9-5-14/h2,13,15H,1,3-12H2. The average molecular weight is 271 g/mol. The highest BCUT2D eigenvalue weighted by molar-refractivity contribution is 7.99. The fraction of sp³-hybridized carbons (Fsp3) is 0.857. The maximum Gasteiger partial charge on any atom is 0.0741 e. The van der Waals surface area contributed by atoms with Crippen LogP contribution in [0, 0.1) is 0 Å². The minimum absolute atomic E-state index is 0.114. The van der Waals surface area contributed by atoms with Gasteiger partial charge in [-0.1, -0.05) is 6.08 Å². The molecule has 2 fully saturated rings. The number of ether oxygens (including phenoxy) is 2. The Balaban J connectivity index is 1.68. The Hall–Kier alpha value is -0.0300. The van der Waals surface area contributed by atoms with Gasteiger partial charge in [-0.25, -0.2) is 0 Å². The molecule has 0 bridgehead atoms. The van der Waals surface area contributed by atoms with Gasteiger partial charge in [-0.15, -0.1) is 6.58 Å². The lowest BCUT2D eigenvalue weighted by Gasteiger charge is -2.43. The summed E-state index contributed by atoms with van der Waals surface area (Å²) in [5, 5.41) is 3.68. The van der Waals surface area contributed by atoms with E-state index in [2.05, 4.69) is 11.9 Å². The Morgan fingerprint density at radius 3 is 2.94 bits per heavy atom. The fourth-order valence-electron chi connectivity index (χ4n) is 2.80. The normalized spacial score (nSPS) is 27.2. The molecule has 2 heterocycles. The summed E-state index contributed by atoms with van der Waals surface area (Å²) < 4.78 is 11.5. The molecule has 1 spiro atoms. The summed E-state index contributed by atoms with van der Waals surface area (Å²) in [5.74, 6) is 2.22. The largest absolute Gasteiger partial charge is 0.381 e. The number of thioether (sulfide) groups is 1. The highest BCUT2D eigenvalue weighted by Gasteiger charge is 2.38. The third-order valence-electron chi connectivity index (χ3n) is 3.81. The van der Waals surface area contributed by atoms with E-state index in [1.165, 1.54) is 5.75 Å². The van der Waals surface area contributed by atoms with Crippen molar-refractivity contribution in [3.63, 3.8) is 0 Å². The average Bonchev–Trinajstić information content (AvgIpc) is 2.40. The van der Waals surface area contributed by atoms with Crippen molar-refractivity contribution in [2.45, 2.75) is 37.3 Å². The second kappa shape index (κ2) is 7.53. The van der Waals surface area contributed by atoms with E-state index in [4.69, 9.17) is 9.47 Å². The molecule has 104 valence electrons. The Bertz CT molecular complexity index is 249. The molecular weight excluding hydrogens is 246 g/mol. The van der Waals surface area contributed by atoms with E-state index >= 15 is 0 Å². The zero-order chi connectivity index (χ0) is 12.7. The summed E-state index contributed by atoms with van der Waals surface area (Å²) in [7, 11) is 0. The SMILES string of the molecule is C=CCSCCNC1CCOC2(CCOCC2)C1. The van der Waals surface area contributed by atoms with Gasteiger partial charge in [0.15, 0.2) is 0 Å². The molecule has 2 aliphatic rings. The van der Waals surface area contributed by atoms with Gasteiger partial charge in [0.2, 0.25) is 0 Å². The maximum atomic E-state index is 6.04. The molecule has 0 amide bonds. The van der Waals surface area contributed by atoms with Gasteiger partial charge in [0.05, 0.1) is 5.60 Å². The monoisotopic (exact) mass is 271 g/mol. The Morgan fingerprint density at radius 1 is 1.33 bits per heavy atom. The number of nitrogens with one attached hydrogen (secondary N) is 1. The van der Waals surface area contributed by atoms with Crippen molar-refractivity contribution in [2.24, 2.45) is 0 Å². The van der Waals surface area contributed by atoms with Crippen molar-refractivity contribution in [1.82, 2.24) is 5.32 Å². The summed E-state index contributed by atoms with van der Waals surface area (Å²) in [5.41, 5.74) is 0.114. The van der Waals surface area contributed by atoms with Crippen LogP contribution in [0.3, 0.4) is 0 Å². The lowest BCUT2D eigenvalue weighted by atomic mass is 9.84. The highest BCUT2D eigenvalue weighted by Crippen LogP contribution is 2.34. The summed E-state index contributed by atoms with van der Waals surface area (Å²) in [6, 6.07) is 0.626. The topological polar surface area (TPSA) is 30.5 Å². The Morgan fingerprint density at radius 2 is 2.17 bits per heavy atom. The molecule has 0 saturated carbocycles. The first-order chi connectivity index (χ1) is 8.85. The zero-order valence-corrected chi connectivity index (χ0v) is 12.0. The minimum atomic E-state index is 0.114. The van der Waals surface area contributed by atoms with Crippen LogP contribution in [0.4, 0.5) is 0 Å². The molecule has 1 unspecified atom stereocenters. The van der Waals surface area contributed by atoms with E-state index in [1.807, 2.05) is 17.8 Å². The molecule has 2 saturated heterocycles. The third-order valence-corrected chi connectivity index (χ3v) is 4.78. The molecule has 2 rings (SSSR count). The van der Waals surface area contributed by atoms with Crippen LogP contribution < -0.4 is 5.32 Å². The Kier molecular flexibility index (Phi) is 6.02. The third kappa shape index (κ3) is 4.26. The first-order valence-electron chi connectivity index (χ1n) is 6.98. The van der Waals surface area contributed by atoms with E-state index in [0.717, 1.165) is 57.8 Å². The summed E-state index contributed by atoms with van der Waals surface area (Å²) in [6.45, 7) is 7.45. The predicted octanol–water partition coefficient (Wildman–Crippen LogP) is 2.22. The molecule has 2 aliphatic heterocycles. The van der Waals surface area contributed by atoms with Crippen LogP contribution in [0.15, 0.2) is 12.7 Å². The zero-order valence-electron chi connectivity index (χ0n) is 11.2. The lowest BCUT2D eigenvalue weighted by Crippen LogP contribution is -2.50. The van der Waals surface area contributed by atoms with Crippen LogP contribution in [-0.2, 0) is 9.47 Å². The van der Waals surface area contributed by atoms with Crippen LogP contribution >= 0.6 is 11.8 Å². The molecule has 0 aromatic heterocycles. The van der Waals surface area contributed by atoms with Crippen LogP contribution in [0.5, 0.6) is 0 Å². The van der Waals surface area contributed by atoms with Crippen molar-refractivity contribution in [1.29, 1.82) is 0 Å². The van der Waals surface area contributed by atoms with Gasteiger partial charge in [-0.2, -0.15) is 11.8 Å². The molecule has 0 aromatic carbocycles. The van der Waals surface area contributed by atoms with Gasteiger partial charge in [-0.05, 0) is 25.7 Å². The van der Waals surface area contributed by atoms with E-state index in [1.54, 1.807) is 0 Å². The smallest absolute Gasteiger partial charge is 0.0741 e. The van der Waals surface area contributed by atoms with Crippen molar-refractivity contribution in [3.8, 4) is 0 Å². The number of hydrogen-bond acceptors (Lipinski definition) is 4. The number of hydrogen-bond donors (Lipinski definition) is 1.